The van der Waals surface area contributed by atoms with E-state index in [1.54, 1.807) is 0 Å². The maximum Gasteiger partial charge on any atom is 0.223 e. The first-order valence-corrected chi connectivity index (χ1v) is 8.82. The fraction of sp³-hybridized carbons (Fsp3) is 0.421. The van der Waals surface area contributed by atoms with Gasteiger partial charge in [0.05, 0.1) is 18.8 Å². The minimum absolute atomic E-state index is 0.175. The van der Waals surface area contributed by atoms with Crippen molar-refractivity contribution >= 4 is 17.0 Å². The molecule has 6 heteroatoms. The quantitative estimate of drug-likeness (QED) is 0.717. The highest BCUT2D eigenvalue weighted by Gasteiger charge is 2.29. The van der Waals surface area contributed by atoms with Crippen LogP contribution in [0.4, 0.5) is 0 Å². The molecular weight excluding hydrogens is 316 g/mol. The Kier molecular flexibility index (Phi) is 4.26. The van der Waals surface area contributed by atoms with Gasteiger partial charge in [-0.15, -0.1) is 0 Å². The Balaban J connectivity index is 1.37. The Morgan fingerprint density at radius 3 is 3.04 bits per heavy atom. The highest BCUT2D eigenvalue weighted by molar-refractivity contribution is 5.77. The van der Waals surface area contributed by atoms with Gasteiger partial charge in [0.15, 0.2) is 11.5 Å². The van der Waals surface area contributed by atoms with Gasteiger partial charge in [0.25, 0.3) is 0 Å². The SMILES string of the molecule is Cc1cnn(C[C@H]2CCCN2C(=O)CCc2nc3ccccc3o2)c1. The van der Waals surface area contributed by atoms with E-state index in [0.29, 0.717) is 18.7 Å². The lowest BCUT2D eigenvalue weighted by atomic mass is 10.2. The molecule has 0 aliphatic carbocycles. The molecule has 2 aromatic heterocycles. The molecule has 3 heterocycles. The van der Waals surface area contributed by atoms with Crippen molar-refractivity contribution in [2.45, 2.75) is 45.2 Å². The molecular formula is C19H22N4O2. The van der Waals surface area contributed by atoms with E-state index in [0.717, 1.165) is 42.6 Å². The fourth-order valence-corrected chi connectivity index (χ4v) is 3.52. The summed E-state index contributed by atoms with van der Waals surface area (Å²) in [6, 6.07) is 7.92. The minimum Gasteiger partial charge on any atom is -0.441 e. The number of hydrogen-bond donors (Lipinski definition) is 0. The van der Waals surface area contributed by atoms with Crippen molar-refractivity contribution in [3.8, 4) is 0 Å². The summed E-state index contributed by atoms with van der Waals surface area (Å²) in [5.41, 5.74) is 2.77. The molecule has 1 saturated heterocycles. The Labute approximate surface area is 146 Å². The highest BCUT2D eigenvalue weighted by atomic mass is 16.3. The first-order chi connectivity index (χ1) is 12.2. The number of oxazole rings is 1. The largest absolute Gasteiger partial charge is 0.441 e. The molecule has 0 radical (unpaired) electrons. The zero-order chi connectivity index (χ0) is 17.2. The standard InChI is InChI=1S/C19H22N4O2/c1-14-11-20-22(12-14)13-15-5-4-10-23(15)19(24)9-8-18-21-16-6-2-3-7-17(16)25-18/h2-3,6-7,11-12,15H,4-5,8-10,13H2,1H3/t15-/m1/s1. The van der Waals surface area contributed by atoms with Gasteiger partial charge in [-0.1, -0.05) is 12.1 Å². The van der Waals surface area contributed by atoms with Crippen LogP contribution in [0.15, 0.2) is 41.1 Å². The van der Waals surface area contributed by atoms with Crippen LogP contribution in [0.1, 0.15) is 30.7 Å². The molecule has 1 amide bonds. The number of nitrogens with zero attached hydrogens (tertiary/aromatic N) is 4. The number of hydrogen-bond acceptors (Lipinski definition) is 4. The Morgan fingerprint density at radius 1 is 1.36 bits per heavy atom. The third-order valence-electron chi connectivity index (χ3n) is 4.75. The van der Waals surface area contributed by atoms with Crippen LogP contribution in [0.5, 0.6) is 0 Å². The van der Waals surface area contributed by atoms with Gasteiger partial charge in [-0.05, 0) is 37.5 Å². The molecule has 0 bridgehead atoms. The van der Waals surface area contributed by atoms with E-state index < -0.39 is 0 Å². The summed E-state index contributed by atoms with van der Waals surface area (Å²) in [5.74, 6) is 0.807. The number of para-hydroxylation sites is 2. The molecule has 1 atom stereocenters. The first kappa shape index (κ1) is 15.9. The molecule has 3 aromatic rings. The number of likely N-dealkylation sites (tertiary alicyclic amines) is 1. The maximum absolute atomic E-state index is 12.7. The predicted octanol–water partition coefficient (Wildman–Crippen LogP) is 2.96. The summed E-state index contributed by atoms with van der Waals surface area (Å²) in [5, 5.41) is 4.34. The molecule has 130 valence electrons. The van der Waals surface area contributed by atoms with Crippen molar-refractivity contribution in [1.82, 2.24) is 19.7 Å². The number of benzene rings is 1. The molecule has 0 unspecified atom stereocenters. The van der Waals surface area contributed by atoms with Crippen LogP contribution in [-0.2, 0) is 17.8 Å². The number of carbonyl (C=O) groups is 1. The Morgan fingerprint density at radius 2 is 2.24 bits per heavy atom. The zero-order valence-corrected chi connectivity index (χ0v) is 14.4. The fourth-order valence-electron chi connectivity index (χ4n) is 3.52. The van der Waals surface area contributed by atoms with Crippen LogP contribution in [0.2, 0.25) is 0 Å². The number of aromatic nitrogens is 3. The second kappa shape index (κ2) is 6.70. The lowest BCUT2D eigenvalue weighted by molar-refractivity contribution is -0.132. The van der Waals surface area contributed by atoms with Crippen molar-refractivity contribution in [3.05, 3.63) is 48.1 Å². The number of carbonyl (C=O) groups excluding carboxylic acids is 1. The van der Waals surface area contributed by atoms with Crippen LogP contribution >= 0.6 is 0 Å². The minimum atomic E-state index is 0.175. The number of aryl methyl sites for hydroxylation is 2. The summed E-state index contributed by atoms with van der Waals surface area (Å²) in [7, 11) is 0. The van der Waals surface area contributed by atoms with E-state index >= 15 is 0 Å². The molecule has 1 aliphatic rings. The maximum atomic E-state index is 12.7. The lowest BCUT2D eigenvalue weighted by Crippen LogP contribution is -2.38. The zero-order valence-electron chi connectivity index (χ0n) is 14.4. The third kappa shape index (κ3) is 3.43. The lowest BCUT2D eigenvalue weighted by Gasteiger charge is -2.24. The van der Waals surface area contributed by atoms with Crippen LogP contribution < -0.4 is 0 Å². The van der Waals surface area contributed by atoms with Gasteiger partial charge in [0.1, 0.15) is 5.52 Å². The van der Waals surface area contributed by atoms with Gasteiger partial charge in [0.2, 0.25) is 5.91 Å². The second-order valence-corrected chi connectivity index (χ2v) is 6.70. The van der Waals surface area contributed by atoms with Gasteiger partial charge >= 0.3 is 0 Å². The molecule has 6 nitrogen and oxygen atoms in total. The van der Waals surface area contributed by atoms with E-state index in [9.17, 15) is 4.79 Å². The van der Waals surface area contributed by atoms with Crippen molar-refractivity contribution in [2.75, 3.05) is 6.54 Å². The van der Waals surface area contributed by atoms with Gasteiger partial charge < -0.3 is 9.32 Å². The van der Waals surface area contributed by atoms with E-state index in [1.165, 1.54) is 0 Å². The van der Waals surface area contributed by atoms with E-state index in [1.807, 2.05) is 53.2 Å². The summed E-state index contributed by atoms with van der Waals surface area (Å²) < 4.78 is 7.65. The van der Waals surface area contributed by atoms with E-state index in [-0.39, 0.29) is 11.9 Å². The normalized spacial score (nSPS) is 17.5. The smallest absolute Gasteiger partial charge is 0.223 e. The Hall–Kier alpha value is -2.63. The topological polar surface area (TPSA) is 64.2 Å². The second-order valence-electron chi connectivity index (χ2n) is 6.70. The summed E-state index contributed by atoms with van der Waals surface area (Å²) in [6.07, 6.45) is 6.94. The molecule has 0 saturated carbocycles. The molecule has 1 fully saturated rings. The summed E-state index contributed by atoms with van der Waals surface area (Å²) in [4.78, 5) is 19.1. The average Bonchev–Trinajstić information content (AvgIpc) is 3.32. The number of fused-ring (bicyclic) bond motifs is 1. The number of amides is 1. The van der Waals surface area contributed by atoms with Crippen LogP contribution in [0.3, 0.4) is 0 Å². The van der Waals surface area contributed by atoms with Gasteiger partial charge in [-0.2, -0.15) is 5.10 Å². The first-order valence-electron chi connectivity index (χ1n) is 8.82. The molecule has 0 N–H and O–H groups in total. The van der Waals surface area contributed by atoms with Crippen molar-refractivity contribution < 1.29 is 9.21 Å². The van der Waals surface area contributed by atoms with Crippen LogP contribution in [-0.4, -0.2) is 38.2 Å². The van der Waals surface area contributed by atoms with Crippen molar-refractivity contribution in [2.24, 2.45) is 0 Å². The molecule has 1 aromatic carbocycles. The monoisotopic (exact) mass is 338 g/mol. The van der Waals surface area contributed by atoms with Gasteiger partial charge in [-0.25, -0.2) is 4.98 Å². The predicted molar refractivity (Wildman–Crippen MR) is 94.0 cm³/mol. The number of rotatable bonds is 5. The summed E-state index contributed by atoms with van der Waals surface area (Å²) in [6.45, 7) is 3.63. The van der Waals surface area contributed by atoms with Gasteiger partial charge in [0, 0.05) is 25.6 Å². The molecule has 0 spiro atoms. The molecule has 25 heavy (non-hydrogen) atoms. The summed E-state index contributed by atoms with van der Waals surface area (Å²) >= 11 is 0. The van der Waals surface area contributed by atoms with Crippen LogP contribution in [0.25, 0.3) is 11.1 Å². The average molecular weight is 338 g/mol. The van der Waals surface area contributed by atoms with Crippen LogP contribution in [0, 0.1) is 6.92 Å². The highest BCUT2D eigenvalue weighted by Crippen LogP contribution is 2.21. The van der Waals surface area contributed by atoms with Crippen molar-refractivity contribution in [1.29, 1.82) is 0 Å². The van der Waals surface area contributed by atoms with Gasteiger partial charge in [-0.3, -0.25) is 9.48 Å². The molecule has 4 rings (SSSR count). The molecule has 1 aliphatic heterocycles. The van der Waals surface area contributed by atoms with E-state index in [4.69, 9.17) is 4.42 Å². The van der Waals surface area contributed by atoms with E-state index in [2.05, 4.69) is 10.1 Å². The Bertz CT molecular complexity index is 849. The third-order valence-corrected chi connectivity index (χ3v) is 4.75. The van der Waals surface area contributed by atoms with Crippen molar-refractivity contribution in [3.63, 3.8) is 0 Å².